The number of aliphatic hydroxyl groups is 1. The molecule has 2 aliphatic rings. The van der Waals surface area contributed by atoms with Gasteiger partial charge in [0.15, 0.2) is 11.5 Å². The van der Waals surface area contributed by atoms with Crippen LogP contribution in [0.3, 0.4) is 0 Å². The molecule has 170 valence electrons. The number of fused-ring (bicyclic) bond motifs is 2. The summed E-state index contributed by atoms with van der Waals surface area (Å²) in [6, 6.07) is 11.9. The lowest BCUT2D eigenvalue weighted by Gasteiger charge is -2.25. The molecule has 1 fully saturated rings. The monoisotopic (exact) mass is 448 g/mol. The van der Waals surface area contributed by atoms with E-state index >= 15 is 0 Å². The number of likely N-dealkylation sites (tertiary alicyclic amines) is 1. The minimum absolute atomic E-state index is 0.0545. The molecule has 8 heteroatoms. The van der Waals surface area contributed by atoms with E-state index in [1.165, 1.54) is 4.90 Å². The third kappa shape index (κ3) is 3.62. The van der Waals surface area contributed by atoms with Crippen molar-refractivity contribution in [3.8, 4) is 11.5 Å². The number of aromatic amines is 1. The third-order valence-electron chi connectivity index (χ3n) is 6.02. The number of nitrogens with zero attached hydrogens (tertiary/aromatic N) is 1. The van der Waals surface area contributed by atoms with E-state index in [4.69, 9.17) is 14.2 Å². The van der Waals surface area contributed by atoms with Crippen LogP contribution in [0.4, 0.5) is 0 Å². The minimum Gasteiger partial charge on any atom is -0.507 e. The molecule has 8 nitrogen and oxygen atoms in total. The van der Waals surface area contributed by atoms with Gasteiger partial charge in [-0.2, -0.15) is 0 Å². The van der Waals surface area contributed by atoms with Crippen LogP contribution in [0.1, 0.15) is 23.6 Å². The van der Waals surface area contributed by atoms with Gasteiger partial charge >= 0.3 is 0 Å². The Balaban J connectivity index is 1.65. The summed E-state index contributed by atoms with van der Waals surface area (Å²) in [6.07, 6.45) is 2.36. The van der Waals surface area contributed by atoms with Gasteiger partial charge in [-0.25, -0.2) is 0 Å². The molecule has 1 amide bonds. The molecule has 0 saturated carbocycles. The highest BCUT2D eigenvalue weighted by molar-refractivity contribution is 6.46. The standard InChI is InChI=1S/C25H24N2O6/c1-31-10-4-9-27-22(17-14-26-18-6-3-2-5-16(17)18)21(24(29)25(27)30)23(28)15-7-8-19-20(13-15)33-12-11-32-19/h2-3,5-8,13-14,22,26,28H,4,9-12H2,1H3/b23-21+. The molecule has 33 heavy (non-hydrogen) atoms. The Kier molecular flexibility index (Phi) is 5.51. The van der Waals surface area contributed by atoms with Crippen LogP contribution < -0.4 is 9.47 Å². The molecule has 1 unspecified atom stereocenters. The molecule has 2 aliphatic heterocycles. The van der Waals surface area contributed by atoms with E-state index in [0.29, 0.717) is 49.8 Å². The van der Waals surface area contributed by atoms with Gasteiger partial charge in [0, 0.05) is 48.5 Å². The van der Waals surface area contributed by atoms with Crippen LogP contribution in [0.25, 0.3) is 16.7 Å². The van der Waals surface area contributed by atoms with Crippen molar-refractivity contribution < 1.29 is 28.9 Å². The smallest absolute Gasteiger partial charge is 0.295 e. The summed E-state index contributed by atoms with van der Waals surface area (Å²) in [5.41, 5.74) is 2.08. The van der Waals surface area contributed by atoms with Crippen LogP contribution in [0.5, 0.6) is 11.5 Å². The average molecular weight is 448 g/mol. The highest BCUT2D eigenvalue weighted by Crippen LogP contribution is 2.43. The second kappa shape index (κ2) is 8.63. The first kappa shape index (κ1) is 21.1. The lowest BCUT2D eigenvalue weighted by Crippen LogP contribution is -2.31. The Hall–Kier alpha value is -3.78. The second-order valence-electron chi connectivity index (χ2n) is 7.99. The normalized spacial score (nSPS) is 19.4. The second-order valence-corrected chi connectivity index (χ2v) is 7.99. The van der Waals surface area contributed by atoms with E-state index in [-0.39, 0.29) is 11.3 Å². The molecule has 3 heterocycles. The lowest BCUT2D eigenvalue weighted by molar-refractivity contribution is -0.140. The molecule has 0 bridgehead atoms. The number of ketones is 1. The van der Waals surface area contributed by atoms with Gasteiger partial charge in [-0.1, -0.05) is 18.2 Å². The summed E-state index contributed by atoms with van der Waals surface area (Å²) in [7, 11) is 1.59. The molecule has 2 aromatic carbocycles. The predicted molar refractivity (Wildman–Crippen MR) is 121 cm³/mol. The summed E-state index contributed by atoms with van der Waals surface area (Å²) in [5, 5.41) is 12.2. The van der Waals surface area contributed by atoms with E-state index in [9.17, 15) is 14.7 Å². The molecule has 0 spiro atoms. The molecule has 1 saturated heterocycles. The van der Waals surface area contributed by atoms with Gasteiger partial charge in [0.2, 0.25) is 0 Å². The summed E-state index contributed by atoms with van der Waals surface area (Å²) in [6.45, 7) is 1.62. The number of amides is 1. The Morgan fingerprint density at radius 3 is 2.76 bits per heavy atom. The number of benzene rings is 2. The Morgan fingerprint density at radius 2 is 1.94 bits per heavy atom. The van der Waals surface area contributed by atoms with Crippen LogP contribution in [0.15, 0.2) is 54.2 Å². The minimum atomic E-state index is -0.730. The number of hydrogen-bond acceptors (Lipinski definition) is 6. The fourth-order valence-electron chi connectivity index (χ4n) is 4.48. The summed E-state index contributed by atoms with van der Waals surface area (Å²) < 4.78 is 16.3. The number of rotatable bonds is 6. The number of H-pyrrole nitrogens is 1. The van der Waals surface area contributed by atoms with E-state index < -0.39 is 17.7 Å². The van der Waals surface area contributed by atoms with Gasteiger partial charge in [-0.3, -0.25) is 9.59 Å². The molecule has 3 aromatic rings. The first-order chi connectivity index (χ1) is 16.1. The molecule has 0 aliphatic carbocycles. The van der Waals surface area contributed by atoms with Gasteiger partial charge in [0.1, 0.15) is 19.0 Å². The number of methoxy groups -OCH3 is 1. The van der Waals surface area contributed by atoms with Crippen LogP contribution in [-0.2, 0) is 14.3 Å². The number of aliphatic hydroxyl groups excluding tert-OH is 1. The maximum Gasteiger partial charge on any atom is 0.295 e. The third-order valence-corrected chi connectivity index (χ3v) is 6.02. The lowest BCUT2D eigenvalue weighted by atomic mass is 9.94. The number of nitrogens with one attached hydrogen (secondary N) is 1. The maximum absolute atomic E-state index is 13.2. The SMILES string of the molecule is COCCCN1C(=O)C(=O)/C(=C(/O)c2ccc3c(c2)OCCO3)C1c1c[nH]c2ccccc12. The number of para-hydroxylation sites is 1. The van der Waals surface area contributed by atoms with Crippen molar-refractivity contribution in [3.05, 3.63) is 65.4 Å². The Labute approximate surface area is 190 Å². The van der Waals surface area contributed by atoms with Gasteiger partial charge in [-0.15, -0.1) is 0 Å². The van der Waals surface area contributed by atoms with E-state index in [2.05, 4.69) is 4.98 Å². The predicted octanol–water partition coefficient (Wildman–Crippen LogP) is 3.40. The number of carbonyl (C=O) groups is 2. The van der Waals surface area contributed by atoms with Crippen LogP contribution in [0, 0.1) is 0 Å². The van der Waals surface area contributed by atoms with Crippen molar-refractivity contribution >= 4 is 28.4 Å². The number of hydrogen-bond donors (Lipinski definition) is 2. The largest absolute Gasteiger partial charge is 0.507 e. The van der Waals surface area contributed by atoms with Gasteiger partial charge < -0.3 is 29.2 Å². The highest BCUT2D eigenvalue weighted by atomic mass is 16.6. The van der Waals surface area contributed by atoms with Crippen molar-refractivity contribution in [3.63, 3.8) is 0 Å². The molecule has 2 N–H and O–H groups in total. The van der Waals surface area contributed by atoms with E-state index in [0.717, 1.165) is 16.5 Å². The van der Waals surface area contributed by atoms with Gasteiger partial charge in [-0.05, 0) is 30.7 Å². The van der Waals surface area contributed by atoms with Gasteiger partial charge in [0.05, 0.1) is 11.6 Å². The van der Waals surface area contributed by atoms with E-state index in [1.807, 2.05) is 24.3 Å². The maximum atomic E-state index is 13.2. The zero-order chi connectivity index (χ0) is 22.9. The first-order valence-corrected chi connectivity index (χ1v) is 10.8. The summed E-state index contributed by atoms with van der Waals surface area (Å²) >= 11 is 0. The van der Waals surface area contributed by atoms with Crippen molar-refractivity contribution in [1.82, 2.24) is 9.88 Å². The summed E-state index contributed by atoms with van der Waals surface area (Å²) in [4.78, 5) is 31.0. The van der Waals surface area contributed by atoms with Crippen molar-refractivity contribution in [2.24, 2.45) is 0 Å². The quantitative estimate of drug-likeness (QED) is 0.259. The zero-order valence-corrected chi connectivity index (χ0v) is 18.2. The summed E-state index contributed by atoms with van der Waals surface area (Å²) in [5.74, 6) is -0.528. The van der Waals surface area contributed by atoms with E-state index in [1.54, 1.807) is 31.5 Å². The topological polar surface area (TPSA) is 101 Å². The van der Waals surface area contributed by atoms with Crippen molar-refractivity contribution in [1.29, 1.82) is 0 Å². The van der Waals surface area contributed by atoms with Gasteiger partial charge in [0.25, 0.3) is 11.7 Å². The molecular weight excluding hydrogens is 424 g/mol. The first-order valence-electron chi connectivity index (χ1n) is 10.8. The molecule has 1 aromatic heterocycles. The Morgan fingerprint density at radius 1 is 1.15 bits per heavy atom. The highest BCUT2D eigenvalue weighted by Gasteiger charge is 2.46. The van der Waals surface area contributed by atoms with Crippen LogP contribution in [0.2, 0.25) is 0 Å². The van der Waals surface area contributed by atoms with Crippen LogP contribution >= 0.6 is 0 Å². The molecule has 5 rings (SSSR count). The number of aromatic nitrogens is 1. The van der Waals surface area contributed by atoms with Crippen LogP contribution in [-0.4, -0.2) is 60.2 Å². The number of ether oxygens (including phenoxy) is 3. The number of Topliss-reactive ketones (excluding diaryl/α,β-unsaturated/α-hetero) is 1. The fraction of sp³-hybridized carbons (Fsp3) is 0.280. The molecule has 0 radical (unpaired) electrons. The molecule has 1 atom stereocenters. The molecular formula is C25H24N2O6. The number of carbonyl (C=O) groups excluding carboxylic acids is 2. The average Bonchev–Trinajstić information content (AvgIpc) is 3.37. The Bertz CT molecular complexity index is 1260. The zero-order valence-electron chi connectivity index (χ0n) is 18.2. The fourth-order valence-corrected chi connectivity index (χ4v) is 4.48. The van der Waals surface area contributed by atoms with Crippen molar-refractivity contribution in [2.75, 3.05) is 33.5 Å². The van der Waals surface area contributed by atoms with Crippen molar-refractivity contribution in [2.45, 2.75) is 12.5 Å².